The second-order valence-electron chi connectivity index (χ2n) is 5.45. The highest BCUT2D eigenvalue weighted by Gasteiger charge is 2.06. The van der Waals surface area contributed by atoms with Gasteiger partial charge in [0.05, 0.1) is 0 Å². The third-order valence-electron chi connectivity index (χ3n) is 3.71. The van der Waals surface area contributed by atoms with Gasteiger partial charge in [0.15, 0.2) is 0 Å². The Hall–Kier alpha value is -1.70. The molecule has 2 heteroatoms. The summed E-state index contributed by atoms with van der Waals surface area (Å²) >= 11 is 0. The molecule has 0 amide bonds. The maximum atomic E-state index is 13.6. The van der Waals surface area contributed by atoms with Crippen molar-refractivity contribution < 1.29 is 8.78 Å². The summed E-state index contributed by atoms with van der Waals surface area (Å²) in [5.74, 6) is -0.334. The van der Waals surface area contributed by atoms with Gasteiger partial charge < -0.3 is 0 Å². The third kappa shape index (κ3) is 3.89. The number of hydrogen-bond donors (Lipinski definition) is 0. The molecule has 0 radical (unpaired) electrons. The first-order valence-electron chi connectivity index (χ1n) is 7.10. The predicted molar refractivity (Wildman–Crippen MR) is 78.8 cm³/mol. The summed E-state index contributed by atoms with van der Waals surface area (Å²) in [5.41, 5.74) is 2.88. The van der Waals surface area contributed by atoms with Crippen LogP contribution in [-0.4, -0.2) is 0 Å². The highest BCUT2D eigenvalue weighted by atomic mass is 19.1. The molecule has 2 rings (SSSR count). The largest absolute Gasteiger partial charge is 0.207 e. The molecule has 0 nitrogen and oxygen atoms in total. The Morgan fingerprint density at radius 2 is 1.60 bits per heavy atom. The lowest BCUT2D eigenvalue weighted by Crippen LogP contribution is -1.98. The summed E-state index contributed by atoms with van der Waals surface area (Å²) in [5, 5.41) is 0. The zero-order valence-corrected chi connectivity index (χ0v) is 12.0. The Labute approximate surface area is 119 Å². The van der Waals surface area contributed by atoms with Crippen LogP contribution < -0.4 is 0 Å². The molecule has 0 aliphatic heterocycles. The smallest absolute Gasteiger partial charge is 0.129 e. The monoisotopic (exact) mass is 274 g/mol. The molecule has 106 valence electrons. The SMILES string of the molecule is CCC(C)Cc1ccc(Cc2ccc(F)cc2F)cc1. The molecule has 0 aliphatic carbocycles. The molecule has 2 aromatic carbocycles. The summed E-state index contributed by atoms with van der Waals surface area (Å²) in [6, 6.07) is 12.0. The Balaban J connectivity index is 2.07. The minimum atomic E-state index is -0.532. The quantitative estimate of drug-likeness (QED) is 0.707. The summed E-state index contributed by atoms with van der Waals surface area (Å²) in [6.45, 7) is 4.43. The first kappa shape index (κ1) is 14.7. The van der Waals surface area contributed by atoms with Crippen LogP contribution in [0.5, 0.6) is 0 Å². The van der Waals surface area contributed by atoms with Gasteiger partial charge >= 0.3 is 0 Å². The van der Waals surface area contributed by atoms with Crippen molar-refractivity contribution in [2.24, 2.45) is 5.92 Å². The molecule has 0 N–H and O–H groups in total. The van der Waals surface area contributed by atoms with E-state index in [1.54, 1.807) is 0 Å². The molecular weight excluding hydrogens is 254 g/mol. The second kappa shape index (κ2) is 6.65. The average molecular weight is 274 g/mol. The van der Waals surface area contributed by atoms with Crippen LogP contribution in [0.3, 0.4) is 0 Å². The van der Waals surface area contributed by atoms with Gasteiger partial charge in [-0.05, 0) is 35.1 Å². The zero-order valence-electron chi connectivity index (χ0n) is 12.0. The molecule has 0 spiro atoms. The van der Waals surface area contributed by atoms with Crippen LogP contribution in [0.1, 0.15) is 37.0 Å². The Morgan fingerprint density at radius 3 is 2.20 bits per heavy atom. The molecule has 20 heavy (non-hydrogen) atoms. The van der Waals surface area contributed by atoms with Crippen LogP contribution >= 0.6 is 0 Å². The Morgan fingerprint density at radius 1 is 0.950 bits per heavy atom. The topological polar surface area (TPSA) is 0 Å². The fourth-order valence-corrected chi connectivity index (χ4v) is 2.22. The standard InChI is InChI=1S/C18H20F2/c1-3-13(2)10-14-4-6-15(7-5-14)11-16-8-9-17(19)12-18(16)20/h4-9,12-13H,3,10-11H2,1-2H3. The first-order valence-corrected chi connectivity index (χ1v) is 7.10. The van der Waals surface area contributed by atoms with E-state index < -0.39 is 11.6 Å². The van der Waals surface area contributed by atoms with Gasteiger partial charge in [0, 0.05) is 12.5 Å². The normalized spacial score (nSPS) is 12.4. The van der Waals surface area contributed by atoms with Gasteiger partial charge in [0.2, 0.25) is 0 Å². The lowest BCUT2D eigenvalue weighted by molar-refractivity contribution is 0.560. The second-order valence-corrected chi connectivity index (χ2v) is 5.45. The van der Waals surface area contributed by atoms with Crippen molar-refractivity contribution in [3.05, 3.63) is 70.8 Å². The Bertz CT molecular complexity index is 558. The maximum Gasteiger partial charge on any atom is 0.129 e. The molecular formula is C18H20F2. The van der Waals surface area contributed by atoms with Gasteiger partial charge in [-0.2, -0.15) is 0 Å². The minimum Gasteiger partial charge on any atom is -0.207 e. The van der Waals surface area contributed by atoms with E-state index in [-0.39, 0.29) is 0 Å². The van der Waals surface area contributed by atoms with Crippen LogP contribution in [0.15, 0.2) is 42.5 Å². The molecule has 1 unspecified atom stereocenters. The highest BCUT2D eigenvalue weighted by Crippen LogP contribution is 2.17. The van der Waals surface area contributed by atoms with E-state index in [2.05, 4.69) is 26.0 Å². The van der Waals surface area contributed by atoms with Crippen LogP contribution in [0.2, 0.25) is 0 Å². The maximum absolute atomic E-state index is 13.6. The van der Waals surface area contributed by atoms with Gasteiger partial charge in [-0.25, -0.2) is 8.78 Å². The third-order valence-corrected chi connectivity index (χ3v) is 3.71. The lowest BCUT2D eigenvalue weighted by atomic mass is 9.97. The lowest BCUT2D eigenvalue weighted by Gasteiger charge is -2.09. The fourth-order valence-electron chi connectivity index (χ4n) is 2.22. The molecule has 0 bridgehead atoms. The average Bonchev–Trinajstić information content (AvgIpc) is 2.44. The van der Waals surface area contributed by atoms with E-state index in [0.29, 0.717) is 17.9 Å². The predicted octanol–water partition coefficient (Wildman–Crippen LogP) is 5.14. The van der Waals surface area contributed by atoms with Crippen molar-refractivity contribution in [1.82, 2.24) is 0 Å². The first-order chi connectivity index (χ1) is 9.58. The van der Waals surface area contributed by atoms with Gasteiger partial charge in [-0.3, -0.25) is 0 Å². The summed E-state index contributed by atoms with van der Waals surface area (Å²) in [7, 11) is 0. The van der Waals surface area contributed by atoms with Crippen LogP contribution in [0.25, 0.3) is 0 Å². The van der Waals surface area contributed by atoms with E-state index in [1.807, 2.05) is 12.1 Å². The fraction of sp³-hybridized carbons (Fsp3) is 0.333. The van der Waals surface area contributed by atoms with E-state index in [4.69, 9.17) is 0 Å². The molecule has 0 aliphatic rings. The number of benzene rings is 2. The number of hydrogen-bond acceptors (Lipinski definition) is 0. The van der Waals surface area contributed by atoms with Crippen molar-refractivity contribution in [1.29, 1.82) is 0 Å². The van der Waals surface area contributed by atoms with Crippen molar-refractivity contribution >= 4 is 0 Å². The molecule has 0 aromatic heterocycles. The van der Waals surface area contributed by atoms with Crippen LogP contribution in [0, 0.1) is 17.6 Å². The van der Waals surface area contributed by atoms with Crippen molar-refractivity contribution in [3.8, 4) is 0 Å². The van der Waals surface area contributed by atoms with Crippen LogP contribution in [-0.2, 0) is 12.8 Å². The molecule has 0 saturated carbocycles. The van der Waals surface area contributed by atoms with E-state index in [9.17, 15) is 8.78 Å². The van der Waals surface area contributed by atoms with Gasteiger partial charge in [-0.15, -0.1) is 0 Å². The van der Waals surface area contributed by atoms with Crippen molar-refractivity contribution in [3.63, 3.8) is 0 Å². The number of rotatable bonds is 5. The van der Waals surface area contributed by atoms with E-state index >= 15 is 0 Å². The van der Waals surface area contributed by atoms with E-state index in [0.717, 1.165) is 18.1 Å². The summed E-state index contributed by atoms with van der Waals surface area (Å²) in [4.78, 5) is 0. The molecule has 1 atom stereocenters. The molecule has 0 heterocycles. The highest BCUT2D eigenvalue weighted by molar-refractivity contribution is 5.29. The van der Waals surface area contributed by atoms with Gasteiger partial charge in [0.25, 0.3) is 0 Å². The summed E-state index contributed by atoms with van der Waals surface area (Å²) < 4.78 is 26.4. The van der Waals surface area contributed by atoms with E-state index in [1.165, 1.54) is 24.1 Å². The molecule has 0 saturated heterocycles. The van der Waals surface area contributed by atoms with Gasteiger partial charge in [-0.1, -0.05) is 50.6 Å². The Kier molecular flexibility index (Phi) is 4.89. The van der Waals surface area contributed by atoms with Gasteiger partial charge in [0.1, 0.15) is 11.6 Å². The van der Waals surface area contributed by atoms with Crippen molar-refractivity contribution in [2.45, 2.75) is 33.1 Å². The molecule has 2 aromatic rings. The summed E-state index contributed by atoms with van der Waals surface area (Å²) in [6.07, 6.45) is 2.74. The zero-order chi connectivity index (χ0) is 14.5. The minimum absolute atomic E-state index is 0.478. The molecule has 0 fully saturated rings. The number of halogens is 2. The van der Waals surface area contributed by atoms with Crippen molar-refractivity contribution in [2.75, 3.05) is 0 Å². The van der Waals surface area contributed by atoms with Crippen LogP contribution in [0.4, 0.5) is 8.78 Å².